The van der Waals surface area contributed by atoms with Crippen LogP contribution < -0.4 is 15.1 Å². The van der Waals surface area contributed by atoms with Crippen molar-refractivity contribution in [2.24, 2.45) is 16.2 Å². The van der Waals surface area contributed by atoms with E-state index in [-0.39, 0.29) is 32.5 Å². The van der Waals surface area contributed by atoms with Crippen molar-refractivity contribution in [1.82, 2.24) is 30.2 Å². The minimum atomic E-state index is -0.0446. The highest BCUT2D eigenvalue weighted by Gasteiger charge is 2.38. The molecule has 0 aromatic carbocycles. The van der Waals surface area contributed by atoms with Gasteiger partial charge in [-0.2, -0.15) is 0 Å². The number of rotatable bonds is 5. The SMILES string of the molecule is CC(C)(C)C(C)(C)c1ccccn1.CC(C)(C)C(C)(C)c1nccc(N2CCNCC2)n1.CN1CCN(c2cccc(C(C)(C)C(C)(C)C)n2)CC1. The Morgan fingerprint density at radius 3 is 1.50 bits per heavy atom. The number of nitrogens with one attached hydrogen (secondary N) is 1. The van der Waals surface area contributed by atoms with E-state index in [1.807, 2.05) is 24.5 Å². The lowest BCUT2D eigenvalue weighted by atomic mass is 9.67. The number of piperazine rings is 2. The van der Waals surface area contributed by atoms with Crippen LogP contribution in [0.2, 0.25) is 0 Å². The average molecular weight is 715 g/mol. The third kappa shape index (κ3) is 10.7. The first-order valence-corrected chi connectivity index (χ1v) is 19.5. The molecule has 0 amide bonds. The van der Waals surface area contributed by atoms with Crippen LogP contribution >= 0.6 is 0 Å². The molecule has 5 rings (SSSR count). The van der Waals surface area contributed by atoms with Gasteiger partial charge < -0.3 is 20.0 Å². The van der Waals surface area contributed by atoms with E-state index in [0.29, 0.717) is 0 Å². The molecule has 0 bridgehead atoms. The maximum atomic E-state index is 4.97. The molecule has 0 saturated carbocycles. The van der Waals surface area contributed by atoms with Gasteiger partial charge in [-0.1, -0.05) is 116 Å². The topological polar surface area (TPSA) is 73.3 Å². The van der Waals surface area contributed by atoms with Gasteiger partial charge in [-0.05, 0) is 53.6 Å². The zero-order valence-corrected chi connectivity index (χ0v) is 36.0. The van der Waals surface area contributed by atoms with Crippen molar-refractivity contribution in [1.29, 1.82) is 0 Å². The van der Waals surface area contributed by atoms with Crippen LogP contribution in [0, 0.1) is 16.2 Å². The van der Waals surface area contributed by atoms with Gasteiger partial charge in [0.1, 0.15) is 17.5 Å². The molecule has 5 heterocycles. The van der Waals surface area contributed by atoms with Crippen molar-refractivity contribution in [3.05, 3.63) is 72.1 Å². The number of aromatic nitrogens is 4. The third-order valence-corrected chi connectivity index (χ3v) is 12.8. The minimum Gasteiger partial charge on any atom is -0.354 e. The molecule has 290 valence electrons. The third-order valence-electron chi connectivity index (χ3n) is 12.8. The summed E-state index contributed by atoms with van der Waals surface area (Å²) in [6.45, 7) is 42.4. The molecule has 8 nitrogen and oxygen atoms in total. The molecule has 3 aromatic heterocycles. The van der Waals surface area contributed by atoms with Crippen molar-refractivity contribution in [2.45, 2.75) is 120 Å². The smallest absolute Gasteiger partial charge is 0.136 e. The van der Waals surface area contributed by atoms with Gasteiger partial charge in [-0.25, -0.2) is 15.0 Å². The second kappa shape index (κ2) is 16.9. The Morgan fingerprint density at radius 1 is 0.481 bits per heavy atom. The van der Waals surface area contributed by atoms with Crippen LogP contribution in [-0.2, 0) is 16.2 Å². The fourth-order valence-electron chi connectivity index (χ4n) is 5.54. The fourth-order valence-corrected chi connectivity index (χ4v) is 5.54. The molecule has 0 radical (unpaired) electrons. The molecular formula is C44H74N8. The van der Waals surface area contributed by atoms with E-state index in [1.165, 1.54) is 11.4 Å². The maximum absolute atomic E-state index is 4.97. The van der Waals surface area contributed by atoms with Gasteiger partial charge in [0.15, 0.2) is 0 Å². The van der Waals surface area contributed by atoms with E-state index < -0.39 is 0 Å². The zero-order chi connectivity index (χ0) is 39.2. The molecule has 0 spiro atoms. The van der Waals surface area contributed by atoms with Crippen LogP contribution in [0.1, 0.15) is 121 Å². The highest BCUT2D eigenvalue weighted by atomic mass is 15.3. The highest BCUT2D eigenvalue weighted by molar-refractivity contribution is 5.41. The van der Waals surface area contributed by atoms with E-state index in [0.717, 1.165) is 69.8 Å². The van der Waals surface area contributed by atoms with Gasteiger partial charge in [0.05, 0.1) is 0 Å². The van der Waals surface area contributed by atoms with Crippen molar-refractivity contribution in [3.8, 4) is 0 Å². The summed E-state index contributed by atoms with van der Waals surface area (Å²) in [7, 11) is 2.18. The number of hydrogen-bond donors (Lipinski definition) is 1. The van der Waals surface area contributed by atoms with E-state index in [1.54, 1.807) is 0 Å². The predicted molar refractivity (Wildman–Crippen MR) is 223 cm³/mol. The quantitative estimate of drug-likeness (QED) is 0.281. The van der Waals surface area contributed by atoms with Gasteiger partial charge in [0.2, 0.25) is 0 Å². The Bertz CT molecular complexity index is 1510. The largest absolute Gasteiger partial charge is 0.354 e. The fraction of sp³-hybridized carbons (Fsp3) is 0.682. The van der Waals surface area contributed by atoms with E-state index in [9.17, 15) is 0 Å². The molecule has 8 heteroatoms. The lowest BCUT2D eigenvalue weighted by Gasteiger charge is -2.39. The summed E-state index contributed by atoms with van der Waals surface area (Å²) < 4.78 is 0. The first-order chi connectivity index (χ1) is 23.9. The van der Waals surface area contributed by atoms with Crippen molar-refractivity contribution < 1.29 is 0 Å². The van der Waals surface area contributed by atoms with Gasteiger partial charge >= 0.3 is 0 Å². The number of hydrogen-bond acceptors (Lipinski definition) is 8. The summed E-state index contributed by atoms with van der Waals surface area (Å²) in [6, 6.07) is 14.6. The molecule has 0 aliphatic carbocycles. The Morgan fingerprint density at radius 2 is 0.981 bits per heavy atom. The molecule has 0 unspecified atom stereocenters. The average Bonchev–Trinajstić information content (AvgIpc) is 3.08. The Balaban J connectivity index is 0.000000215. The first kappa shape index (κ1) is 43.3. The molecule has 1 N–H and O–H groups in total. The Kier molecular flexibility index (Phi) is 14.1. The van der Waals surface area contributed by atoms with Gasteiger partial charge in [-0.3, -0.25) is 4.98 Å². The van der Waals surface area contributed by atoms with Crippen LogP contribution in [0.5, 0.6) is 0 Å². The number of pyridine rings is 2. The molecule has 2 saturated heterocycles. The van der Waals surface area contributed by atoms with E-state index >= 15 is 0 Å². The minimum absolute atomic E-state index is 0.0446. The molecular weight excluding hydrogens is 641 g/mol. The summed E-state index contributed by atoms with van der Waals surface area (Å²) in [5.74, 6) is 3.13. The van der Waals surface area contributed by atoms with Gasteiger partial charge in [0.25, 0.3) is 0 Å². The Hall–Kier alpha value is -3.10. The molecule has 0 atom stereocenters. The summed E-state index contributed by atoms with van der Waals surface area (Å²) in [6.07, 6.45) is 3.76. The first-order valence-electron chi connectivity index (χ1n) is 19.5. The molecule has 3 aromatic rings. The molecule has 52 heavy (non-hydrogen) atoms. The molecule has 2 aliphatic heterocycles. The molecule has 2 fully saturated rings. The second-order valence-electron chi connectivity index (χ2n) is 19.5. The van der Waals surface area contributed by atoms with Crippen LogP contribution in [0.15, 0.2) is 54.9 Å². The van der Waals surface area contributed by atoms with Crippen LogP contribution in [0.4, 0.5) is 11.6 Å². The predicted octanol–water partition coefficient (Wildman–Crippen LogP) is 8.77. The van der Waals surface area contributed by atoms with Crippen LogP contribution in [-0.4, -0.2) is 84.2 Å². The van der Waals surface area contributed by atoms with E-state index in [2.05, 4.69) is 171 Å². The summed E-state index contributed by atoms with van der Waals surface area (Å²) in [5.41, 5.74) is 3.07. The van der Waals surface area contributed by atoms with Gasteiger partial charge in [0, 0.05) is 92.4 Å². The number of likely N-dealkylation sites (N-methyl/N-ethyl adjacent to an activating group) is 1. The van der Waals surface area contributed by atoms with E-state index in [4.69, 9.17) is 9.97 Å². The summed E-state index contributed by atoms with van der Waals surface area (Å²) >= 11 is 0. The van der Waals surface area contributed by atoms with Crippen molar-refractivity contribution in [2.75, 3.05) is 69.2 Å². The van der Waals surface area contributed by atoms with Gasteiger partial charge in [-0.15, -0.1) is 0 Å². The molecule has 2 aliphatic rings. The monoisotopic (exact) mass is 715 g/mol. The van der Waals surface area contributed by atoms with Crippen LogP contribution in [0.25, 0.3) is 0 Å². The lowest BCUT2D eigenvalue weighted by molar-refractivity contribution is 0.213. The summed E-state index contributed by atoms with van der Waals surface area (Å²) in [5, 5.41) is 3.37. The summed E-state index contributed by atoms with van der Waals surface area (Å²) in [4.78, 5) is 25.8. The highest BCUT2D eigenvalue weighted by Crippen LogP contribution is 2.41. The lowest BCUT2D eigenvalue weighted by Crippen LogP contribution is -2.45. The maximum Gasteiger partial charge on any atom is 0.136 e. The zero-order valence-electron chi connectivity index (χ0n) is 36.0. The normalized spacial score (nSPS) is 16.8. The van der Waals surface area contributed by atoms with Crippen LogP contribution in [0.3, 0.4) is 0 Å². The Labute approximate surface area is 318 Å². The second-order valence-corrected chi connectivity index (χ2v) is 19.5. The number of nitrogens with zero attached hydrogens (tertiary/aromatic N) is 7. The van der Waals surface area contributed by atoms with Crippen molar-refractivity contribution >= 4 is 11.6 Å². The van der Waals surface area contributed by atoms with Crippen molar-refractivity contribution in [3.63, 3.8) is 0 Å². The standard InChI is InChI=1S/C17H29N3.C15H26N4.C12H19N/c1-16(2,3)17(4,5)14-8-7-9-15(18-14)20-12-10-19(6)11-13-20;1-14(2,3)15(4,5)13-17-7-6-12(18-13)19-10-8-16-9-11-19;1-11(2,3)12(4,5)10-8-6-7-9-13-10/h7-9H,10-13H2,1-6H3;6-7,16H,8-11H2,1-5H3;6-9H,1-5H3. The number of anilines is 2.